The molecule has 1 spiro atoms. The van der Waals surface area contributed by atoms with Gasteiger partial charge in [-0.25, -0.2) is 0 Å². The van der Waals surface area contributed by atoms with E-state index in [2.05, 4.69) is 146 Å². The van der Waals surface area contributed by atoms with E-state index in [1.54, 1.807) is 0 Å². The molecule has 6 aromatic rings. The van der Waals surface area contributed by atoms with Crippen LogP contribution in [0.4, 0.5) is 17.1 Å². The minimum atomic E-state index is -0.449. The van der Waals surface area contributed by atoms with E-state index < -0.39 is 5.41 Å². The van der Waals surface area contributed by atoms with E-state index in [1.165, 1.54) is 60.1 Å². The van der Waals surface area contributed by atoms with Gasteiger partial charge in [0, 0.05) is 28.0 Å². The first-order valence-corrected chi connectivity index (χ1v) is 16.2. The summed E-state index contributed by atoms with van der Waals surface area (Å²) < 4.78 is 6.49. The molecule has 44 heavy (non-hydrogen) atoms. The fraction of sp³-hybridized carbons (Fsp3) is 0.122. The summed E-state index contributed by atoms with van der Waals surface area (Å²) >= 11 is 1.90. The van der Waals surface area contributed by atoms with E-state index in [0.717, 1.165) is 23.6 Å². The van der Waals surface area contributed by atoms with Crippen LogP contribution in [0.2, 0.25) is 0 Å². The minimum Gasteiger partial charge on any atom is -0.457 e. The topological polar surface area (TPSA) is 12.5 Å². The molecule has 212 valence electrons. The van der Waals surface area contributed by atoms with Crippen molar-refractivity contribution in [3.8, 4) is 11.5 Å². The third kappa shape index (κ3) is 3.57. The Labute approximate surface area is 263 Å². The number of benzene rings is 6. The van der Waals surface area contributed by atoms with Gasteiger partial charge >= 0.3 is 0 Å². The zero-order chi connectivity index (χ0) is 29.4. The highest BCUT2D eigenvalue weighted by Gasteiger charge is 2.50. The van der Waals surface area contributed by atoms with Crippen molar-refractivity contribution in [2.75, 3.05) is 4.90 Å². The predicted octanol–water partition coefficient (Wildman–Crippen LogP) is 11.1. The maximum Gasteiger partial charge on any atom is 0.133 e. The Morgan fingerprint density at radius 1 is 0.591 bits per heavy atom. The molecule has 0 amide bonds. The minimum absolute atomic E-state index is 0.436. The molecule has 0 unspecified atom stereocenters. The number of fused-ring (bicyclic) bond motifs is 10. The number of hydrogen-bond donors (Lipinski definition) is 0. The van der Waals surface area contributed by atoms with E-state index >= 15 is 0 Å². The first-order chi connectivity index (χ1) is 21.6. The van der Waals surface area contributed by atoms with Gasteiger partial charge in [0.05, 0.1) is 16.8 Å². The highest BCUT2D eigenvalue weighted by atomic mass is 32.2. The zero-order valence-corrected chi connectivity index (χ0v) is 25.6. The van der Waals surface area contributed by atoms with Gasteiger partial charge in [0.15, 0.2) is 0 Å². The average Bonchev–Trinajstić information content (AvgIpc) is 3.07. The van der Waals surface area contributed by atoms with Gasteiger partial charge in [0.2, 0.25) is 0 Å². The van der Waals surface area contributed by atoms with Crippen molar-refractivity contribution in [1.82, 2.24) is 0 Å². The molecule has 2 nitrogen and oxygen atoms in total. The standard InChI is InChI=1S/C41H31NOS/c1-26(2)27-20-22-40-34(24-27)41(33-14-6-10-18-39(33)44-40)31-12-4-7-15-35(31)42(36-16-8-5-13-32(36)41)30-21-19-29-23-28-11-3-9-17-37(28)43-38(29)25-30/h3-22,24-26H,23H2,1-2H3. The lowest BCUT2D eigenvalue weighted by molar-refractivity contribution is 0.460. The van der Waals surface area contributed by atoms with Crippen LogP contribution in [0.3, 0.4) is 0 Å². The third-order valence-electron chi connectivity index (χ3n) is 9.57. The van der Waals surface area contributed by atoms with Gasteiger partial charge in [-0.1, -0.05) is 117 Å². The Kier molecular flexibility index (Phi) is 5.64. The van der Waals surface area contributed by atoms with Gasteiger partial charge < -0.3 is 9.64 Å². The fourth-order valence-corrected chi connectivity index (χ4v) is 8.69. The lowest BCUT2D eigenvalue weighted by atomic mass is 9.62. The summed E-state index contributed by atoms with van der Waals surface area (Å²) in [6.45, 7) is 4.58. The molecule has 0 atom stereocenters. The molecule has 0 fully saturated rings. The van der Waals surface area contributed by atoms with E-state index in [9.17, 15) is 0 Å². The van der Waals surface area contributed by atoms with Crippen LogP contribution in [-0.4, -0.2) is 0 Å². The van der Waals surface area contributed by atoms with Gasteiger partial charge in [0.25, 0.3) is 0 Å². The van der Waals surface area contributed by atoms with E-state index in [4.69, 9.17) is 4.74 Å². The molecule has 3 aliphatic rings. The largest absolute Gasteiger partial charge is 0.457 e. The molecule has 3 heteroatoms. The molecule has 3 aliphatic heterocycles. The van der Waals surface area contributed by atoms with Crippen LogP contribution in [-0.2, 0) is 11.8 Å². The third-order valence-corrected chi connectivity index (χ3v) is 10.7. The Bertz CT molecular complexity index is 2060. The SMILES string of the molecule is CC(C)c1ccc2c(c1)C1(c3ccccc3S2)c2ccccc2N(c2ccc3c(c2)Oc2ccccc2C3)c2ccccc21. The number of nitrogens with zero attached hydrogens (tertiary/aromatic N) is 1. The maximum absolute atomic E-state index is 6.49. The molecule has 0 aliphatic carbocycles. The average molecular weight is 586 g/mol. The Morgan fingerprint density at radius 3 is 2.00 bits per heavy atom. The summed E-state index contributed by atoms with van der Waals surface area (Å²) in [4.78, 5) is 5.08. The summed E-state index contributed by atoms with van der Waals surface area (Å²) in [5.41, 5.74) is 12.2. The highest BCUT2D eigenvalue weighted by molar-refractivity contribution is 7.99. The molecule has 6 aromatic carbocycles. The van der Waals surface area contributed by atoms with Crippen LogP contribution < -0.4 is 9.64 Å². The van der Waals surface area contributed by atoms with Gasteiger partial charge in [0.1, 0.15) is 11.5 Å². The van der Waals surface area contributed by atoms with Crippen LogP contribution in [0.5, 0.6) is 11.5 Å². The number of ether oxygens (including phenoxy) is 1. The summed E-state index contributed by atoms with van der Waals surface area (Å²) in [7, 11) is 0. The number of anilines is 3. The van der Waals surface area contributed by atoms with E-state index in [1.807, 2.05) is 17.8 Å². The summed E-state index contributed by atoms with van der Waals surface area (Å²) in [5.74, 6) is 2.32. The smallest absolute Gasteiger partial charge is 0.133 e. The molecule has 0 aromatic heterocycles. The molecular formula is C41H31NOS. The van der Waals surface area contributed by atoms with Crippen molar-refractivity contribution in [1.29, 1.82) is 0 Å². The number of hydrogen-bond acceptors (Lipinski definition) is 3. The fourth-order valence-electron chi connectivity index (χ4n) is 7.52. The monoisotopic (exact) mass is 585 g/mol. The predicted molar refractivity (Wildman–Crippen MR) is 181 cm³/mol. The van der Waals surface area contributed by atoms with Gasteiger partial charge in [-0.15, -0.1) is 0 Å². The first-order valence-electron chi connectivity index (χ1n) is 15.4. The van der Waals surface area contributed by atoms with Crippen LogP contribution in [0.1, 0.15) is 58.7 Å². The quantitative estimate of drug-likeness (QED) is 0.200. The van der Waals surface area contributed by atoms with Crippen molar-refractivity contribution in [2.24, 2.45) is 0 Å². The summed E-state index contributed by atoms with van der Waals surface area (Å²) in [6.07, 6.45) is 0.880. The molecule has 0 bridgehead atoms. The molecule has 0 saturated heterocycles. The summed E-state index contributed by atoms with van der Waals surface area (Å²) in [5, 5.41) is 0. The van der Waals surface area contributed by atoms with Crippen molar-refractivity contribution in [3.63, 3.8) is 0 Å². The second-order valence-corrected chi connectivity index (χ2v) is 13.4. The van der Waals surface area contributed by atoms with Crippen molar-refractivity contribution < 1.29 is 4.74 Å². The van der Waals surface area contributed by atoms with Crippen LogP contribution >= 0.6 is 11.8 Å². The molecular weight excluding hydrogens is 555 g/mol. The molecule has 0 saturated carbocycles. The molecule has 3 heterocycles. The summed E-state index contributed by atoms with van der Waals surface area (Å²) in [6, 6.07) is 49.3. The van der Waals surface area contributed by atoms with Crippen LogP contribution in [0.25, 0.3) is 0 Å². The Morgan fingerprint density at radius 2 is 1.23 bits per heavy atom. The highest BCUT2D eigenvalue weighted by Crippen LogP contribution is 2.63. The number of para-hydroxylation sites is 3. The van der Waals surface area contributed by atoms with Crippen LogP contribution in [0, 0.1) is 0 Å². The maximum atomic E-state index is 6.49. The van der Waals surface area contributed by atoms with Gasteiger partial charge in [-0.3, -0.25) is 0 Å². The lowest BCUT2D eigenvalue weighted by Crippen LogP contribution is -2.39. The lowest BCUT2D eigenvalue weighted by Gasteiger charge is -2.49. The number of rotatable bonds is 2. The van der Waals surface area contributed by atoms with E-state index in [0.29, 0.717) is 5.92 Å². The first kappa shape index (κ1) is 25.7. The van der Waals surface area contributed by atoms with Crippen LogP contribution in [0.15, 0.2) is 143 Å². The molecule has 9 rings (SSSR count). The Balaban J connectivity index is 1.32. The van der Waals surface area contributed by atoms with Gasteiger partial charge in [-0.05, 0) is 81.3 Å². The van der Waals surface area contributed by atoms with Gasteiger partial charge in [-0.2, -0.15) is 0 Å². The second kappa shape index (κ2) is 9.64. The second-order valence-electron chi connectivity index (χ2n) is 12.3. The Hall–Kier alpha value is -4.73. The van der Waals surface area contributed by atoms with Crippen molar-refractivity contribution in [2.45, 2.75) is 41.4 Å². The molecule has 0 radical (unpaired) electrons. The van der Waals surface area contributed by atoms with Crippen molar-refractivity contribution in [3.05, 3.63) is 172 Å². The molecule has 0 N–H and O–H groups in total. The normalized spacial score (nSPS) is 14.9. The van der Waals surface area contributed by atoms with Crippen molar-refractivity contribution >= 4 is 28.8 Å². The zero-order valence-electron chi connectivity index (χ0n) is 24.7. The van der Waals surface area contributed by atoms with E-state index in [-0.39, 0.29) is 0 Å².